The number of pyridine rings is 2. The average molecular weight is 373 g/mol. The topological polar surface area (TPSA) is 76.5 Å². The van der Waals surface area contributed by atoms with Crippen LogP contribution in [0.25, 0.3) is 16.8 Å². The van der Waals surface area contributed by atoms with Gasteiger partial charge in [-0.1, -0.05) is 0 Å². The predicted octanol–water partition coefficient (Wildman–Crippen LogP) is 3.32. The largest absolute Gasteiger partial charge is 0.456 e. The lowest BCUT2D eigenvalue weighted by atomic mass is 10.1. The lowest BCUT2D eigenvalue weighted by molar-refractivity contribution is 0.0757. The fraction of sp³-hybridized carbons (Fsp3) is 0.238. The van der Waals surface area contributed by atoms with Crippen molar-refractivity contribution in [2.75, 3.05) is 13.1 Å². The third-order valence-corrected chi connectivity index (χ3v) is 5.15. The van der Waals surface area contributed by atoms with Crippen molar-refractivity contribution in [2.24, 2.45) is 0 Å². The van der Waals surface area contributed by atoms with Crippen molar-refractivity contribution >= 4 is 11.6 Å². The summed E-state index contributed by atoms with van der Waals surface area (Å²) in [5, 5.41) is 4.68. The Hall–Kier alpha value is -3.48. The van der Waals surface area contributed by atoms with Crippen LogP contribution in [0.1, 0.15) is 34.5 Å². The zero-order chi connectivity index (χ0) is 19.1. The third kappa shape index (κ3) is 2.94. The molecule has 1 amide bonds. The predicted molar refractivity (Wildman–Crippen MR) is 103 cm³/mol. The van der Waals surface area contributed by atoms with Crippen LogP contribution >= 0.6 is 0 Å². The standard InChI is InChI=1S/C21H19N5O2/c1-14-2-4-18(28-14)21(27)25-11-8-17(12-25)20-23-19-5-3-16(13-26(19)24-20)15-6-9-22-10-7-15/h2-7,9-10,13,17H,8,11-12H2,1H3/t17-/m0/s1. The molecule has 1 atom stereocenters. The number of nitrogens with zero attached hydrogens (tertiary/aromatic N) is 5. The summed E-state index contributed by atoms with van der Waals surface area (Å²) in [5.41, 5.74) is 2.95. The van der Waals surface area contributed by atoms with Gasteiger partial charge in [-0.25, -0.2) is 9.50 Å². The molecule has 7 nitrogen and oxygen atoms in total. The number of hydrogen-bond acceptors (Lipinski definition) is 5. The highest BCUT2D eigenvalue weighted by Crippen LogP contribution is 2.27. The van der Waals surface area contributed by atoms with Crippen molar-refractivity contribution in [1.29, 1.82) is 0 Å². The SMILES string of the molecule is Cc1ccc(C(=O)N2CC[C@H](c3nc4ccc(-c5ccncc5)cn4n3)C2)o1. The number of amides is 1. The van der Waals surface area contributed by atoms with E-state index in [1.807, 2.05) is 52.9 Å². The van der Waals surface area contributed by atoms with Crippen molar-refractivity contribution < 1.29 is 9.21 Å². The number of rotatable bonds is 3. The van der Waals surface area contributed by atoms with Crippen LogP contribution in [0.3, 0.4) is 0 Å². The molecule has 140 valence electrons. The van der Waals surface area contributed by atoms with Crippen molar-refractivity contribution in [3.05, 3.63) is 72.3 Å². The van der Waals surface area contributed by atoms with Gasteiger partial charge in [0.1, 0.15) is 5.76 Å². The van der Waals surface area contributed by atoms with Crippen LogP contribution in [-0.4, -0.2) is 43.5 Å². The van der Waals surface area contributed by atoms with E-state index < -0.39 is 0 Å². The molecule has 0 aromatic carbocycles. The highest BCUT2D eigenvalue weighted by atomic mass is 16.3. The number of aromatic nitrogens is 4. The number of carbonyl (C=O) groups excluding carboxylic acids is 1. The van der Waals surface area contributed by atoms with Crippen molar-refractivity contribution in [3.63, 3.8) is 0 Å². The Morgan fingerprint density at radius 2 is 1.96 bits per heavy atom. The van der Waals surface area contributed by atoms with E-state index in [2.05, 4.69) is 15.1 Å². The molecule has 0 unspecified atom stereocenters. The van der Waals surface area contributed by atoms with Crippen molar-refractivity contribution in [2.45, 2.75) is 19.3 Å². The van der Waals surface area contributed by atoms with E-state index in [-0.39, 0.29) is 11.8 Å². The summed E-state index contributed by atoms with van der Waals surface area (Å²) in [4.78, 5) is 23.1. The quantitative estimate of drug-likeness (QED) is 0.551. The maximum absolute atomic E-state index is 12.6. The van der Waals surface area contributed by atoms with E-state index in [1.54, 1.807) is 18.5 Å². The Labute approximate surface area is 161 Å². The van der Waals surface area contributed by atoms with Gasteiger partial charge in [0, 0.05) is 43.2 Å². The molecular weight excluding hydrogens is 354 g/mol. The number of furan rings is 1. The van der Waals surface area contributed by atoms with Gasteiger partial charge in [0.15, 0.2) is 17.2 Å². The van der Waals surface area contributed by atoms with Crippen LogP contribution in [0.4, 0.5) is 0 Å². The number of carbonyl (C=O) groups is 1. The van der Waals surface area contributed by atoms with Crippen LogP contribution in [0, 0.1) is 6.92 Å². The van der Waals surface area contributed by atoms with Gasteiger partial charge in [-0.3, -0.25) is 9.78 Å². The molecule has 0 saturated carbocycles. The molecule has 1 aliphatic heterocycles. The van der Waals surface area contributed by atoms with Gasteiger partial charge < -0.3 is 9.32 Å². The highest BCUT2D eigenvalue weighted by Gasteiger charge is 2.31. The van der Waals surface area contributed by atoms with Gasteiger partial charge in [-0.15, -0.1) is 0 Å². The molecule has 4 aromatic heterocycles. The number of fused-ring (bicyclic) bond motifs is 1. The average Bonchev–Trinajstić information content (AvgIpc) is 3.46. The molecule has 28 heavy (non-hydrogen) atoms. The van der Waals surface area contributed by atoms with Gasteiger partial charge in [0.25, 0.3) is 5.91 Å². The second kappa shape index (κ2) is 6.60. The first-order chi connectivity index (χ1) is 13.7. The lowest BCUT2D eigenvalue weighted by Gasteiger charge is -2.13. The normalized spacial score (nSPS) is 16.8. The van der Waals surface area contributed by atoms with Gasteiger partial charge >= 0.3 is 0 Å². The third-order valence-electron chi connectivity index (χ3n) is 5.15. The fourth-order valence-corrected chi connectivity index (χ4v) is 3.65. The summed E-state index contributed by atoms with van der Waals surface area (Å²) in [6, 6.07) is 11.5. The molecule has 1 fully saturated rings. The first-order valence-electron chi connectivity index (χ1n) is 9.30. The summed E-state index contributed by atoms with van der Waals surface area (Å²) in [6.45, 7) is 3.12. The van der Waals surface area contributed by atoms with E-state index >= 15 is 0 Å². The van der Waals surface area contributed by atoms with Gasteiger partial charge in [-0.05, 0) is 55.3 Å². The zero-order valence-corrected chi connectivity index (χ0v) is 15.4. The summed E-state index contributed by atoms with van der Waals surface area (Å²) < 4.78 is 7.28. The van der Waals surface area contributed by atoms with E-state index in [9.17, 15) is 4.79 Å². The molecule has 7 heteroatoms. The van der Waals surface area contributed by atoms with E-state index in [0.717, 1.165) is 34.8 Å². The van der Waals surface area contributed by atoms with Crippen LogP contribution < -0.4 is 0 Å². The monoisotopic (exact) mass is 373 g/mol. The Morgan fingerprint density at radius 3 is 2.75 bits per heavy atom. The van der Waals surface area contributed by atoms with E-state index in [4.69, 9.17) is 4.42 Å². The molecule has 0 spiro atoms. The number of hydrogen-bond donors (Lipinski definition) is 0. The molecule has 0 N–H and O–H groups in total. The van der Waals surface area contributed by atoms with Crippen LogP contribution in [0.15, 0.2) is 59.4 Å². The number of likely N-dealkylation sites (tertiary alicyclic amines) is 1. The highest BCUT2D eigenvalue weighted by molar-refractivity contribution is 5.91. The van der Waals surface area contributed by atoms with E-state index in [0.29, 0.717) is 18.8 Å². The first-order valence-corrected chi connectivity index (χ1v) is 9.30. The van der Waals surface area contributed by atoms with Crippen LogP contribution in [-0.2, 0) is 0 Å². The van der Waals surface area contributed by atoms with Crippen molar-refractivity contribution in [3.8, 4) is 11.1 Å². The molecular formula is C21H19N5O2. The maximum Gasteiger partial charge on any atom is 0.289 e. The van der Waals surface area contributed by atoms with Gasteiger partial charge in [0.2, 0.25) is 0 Å². The van der Waals surface area contributed by atoms with Crippen molar-refractivity contribution in [1.82, 2.24) is 24.5 Å². The Bertz CT molecular complexity index is 1150. The Morgan fingerprint density at radius 1 is 1.11 bits per heavy atom. The van der Waals surface area contributed by atoms with Gasteiger partial charge in [-0.2, -0.15) is 5.10 Å². The molecule has 5 rings (SSSR count). The number of aryl methyl sites for hydroxylation is 1. The lowest BCUT2D eigenvalue weighted by Crippen LogP contribution is -2.28. The molecule has 4 aromatic rings. The fourth-order valence-electron chi connectivity index (χ4n) is 3.65. The summed E-state index contributed by atoms with van der Waals surface area (Å²) in [5.74, 6) is 1.97. The Balaban J connectivity index is 1.37. The minimum absolute atomic E-state index is 0.0701. The zero-order valence-electron chi connectivity index (χ0n) is 15.4. The minimum atomic E-state index is -0.0701. The first kappa shape index (κ1) is 16.7. The minimum Gasteiger partial charge on any atom is -0.456 e. The van der Waals surface area contributed by atoms with Gasteiger partial charge in [0.05, 0.1) is 0 Å². The van der Waals surface area contributed by atoms with Crippen LogP contribution in [0.5, 0.6) is 0 Å². The molecule has 1 saturated heterocycles. The molecule has 0 aliphatic carbocycles. The summed E-state index contributed by atoms with van der Waals surface area (Å²) >= 11 is 0. The summed E-state index contributed by atoms with van der Waals surface area (Å²) in [6.07, 6.45) is 6.37. The molecule has 5 heterocycles. The second-order valence-corrected chi connectivity index (χ2v) is 7.07. The van der Waals surface area contributed by atoms with E-state index in [1.165, 1.54) is 0 Å². The molecule has 1 aliphatic rings. The van der Waals surface area contributed by atoms with Crippen LogP contribution in [0.2, 0.25) is 0 Å². The maximum atomic E-state index is 12.6. The summed E-state index contributed by atoms with van der Waals surface area (Å²) in [7, 11) is 0. The smallest absolute Gasteiger partial charge is 0.289 e. The molecule has 0 bridgehead atoms. The Kier molecular flexibility index (Phi) is 3.93. The molecule has 0 radical (unpaired) electrons. The second-order valence-electron chi connectivity index (χ2n) is 7.07.